The number of carbonyl (C=O) groups excluding carboxylic acids is 1. The summed E-state index contributed by atoms with van der Waals surface area (Å²) in [5.41, 5.74) is 2.68. The molecule has 28 heavy (non-hydrogen) atoms. The van der Waals surface area contributed by atoms with Gasteiger partial charge in [-0.3, -0.25) is 19.5 Å². The molecule has 0 bridgehead atoms. The fraction of sp³-hybridized carbons (Fsp3) is 0.111. The van der Waals surface area contributed by atoms with Crippen molar-refractivity contribution in [3.05, 3.63) is 69.0 Å². The topological polar surface area (TPSA) is 118 Å². The Morgan fingerprint density at radius 3 is 2.54 bits per heavy atom. The number of nitrogens with zero attached hydrogens (tertiary/aromatic N) is 1. The lowest BCUT2D eigenvalue weighted by molar-refractivity contribution is 0.0706. The Hall–Kier alpha value is -2.88. The number of sulfonamides is 1. The van der Waals surface area contributed by atoms with E-state index < -0.39 is 15.9 Å². The highest BCUT2D eigenvalue weighted by molar-refractivity contribution is 7.92. The first kappa shape index (κ1) is 19.9. The van der Waals surface area contributed by atoms with E-state index in [4.69, 9.17) is 16.8 Å². The smallest absolute Gasteiger partial charge is 0.274 e. The summed E-state index contributed by atoms with van der Waals surface area (Å²) in [4.78, 5) is 23.3. The van der Waals surface area contributed by atoms with E-state index in [-0.39, 0.29) is 26.7 Å². The SMILES string of the molecule is Cc1cc2cc(NS(=O)(=O)c3cc(C(=O)NO)ccc3Cl)ccc2n(C)c1=O. The third-order valence-electron chi connectivity index (χ3n) is 4.24. The molecule has 10 heteroatoms. The second-order valence-electron chi connectivity index (χ2n) is 6.16. The zero-order valence-corrected chi connectivity index (χ0v) is 16.4. The lowest BCUT2D eigenvalue weighted by Crippen LogP contribution is -2.20. The number of pyridine rings is 1. The quantitative estimate of drug-likeness (QED) is 0.441. The number of hydrogen-bond acceptors (Lipinski definition) is 5. The minimum absolute atomic E-state index is 0.0728. The van der Waals surface area contributed by atoms with Crippen LogP contribution < -0.4 is 15.8 Å². The van der Waals surface area contributed by atoms with Crippen LogP contribution in [0.2, 0.25) is 5.02 Å². The number of anilines is 1. The molecule has 146 valence electrons. The maximum Gasteiger partial charge on any atom is 0.274 e. The van der Waals surface area contributed by atoms with Gasteiger partial charge in [-0.25, -0.2) is 13.9 Å². The number of halogens is 1. The van der Waals surface area contributed by atoms with Crippen LogP contribution in [0.3, 0.4) is 0 Å². The molecule has 1 aromatic heterocycles. The van der Waals surface area contributed by atoms with Crippen LogP contribution >= 0.6 is 11.6 Å². The second-order valence-corrected chi connectivity index (χ2v) is 8.21. The molecule has 0 radical (unpaired) electrons. The normalized spacial score (nSPS) is 11.4. The number of carbonyl (C=O) groups is 1. The number of hydroxylamine groups is 1. The molecule has 0 fully saturated rings. The third kappa shape index (κ3) is 3.59. The van der Waals surface area contributed by atoms with Crippen molar-refractivity contribution in [3.8, 4) is 0 Å². The molecular weight excluding hydrogens is 406 g/mol. The van der Waals surface area contributed by atoms with Crippen molar-refractivity contribution in [2.75, 3.05) is 4.72 Å². The number of nitrogens with one attached hydrogen (secondary N) is 2. The predicted octanol–water partition coefficient (Wildman–Crippen LogP) is 2.42. The van der Waals surface area contributed by atoms with Gasteiger partial charge in [0.05, 0.1) is 10.5 Å². The molecule has 1 amide bonds. The van der Waals surface area contributed by atoms with E-state index in [9.17, 15) is 18.0 Å². The molecular formula is C18H16ClN3O5S. The minimum Gasteiger partial charge on any atom is -0.311 e. The van der Waals surface area contributed by atoms with E-state index in [2.05, 4.69) is 4.72 Å². The van der Waals surface area contributed by atoms with Crippen molar-refractivity contribution in [2.45, 2.75) is 11.8 Å². The Bertz CT molecular complexity index is 1270. The number of aryl methyl sites for hydroxylation is 2. The molecule has 2 aromatic carbocycles. The molecule has 8 nitrogen and oxygen atoms in total. The van der Waals surface area contributed by atoms with Gasteiger partial charge in [-0.05, 0) is 49.4 Å². The second kappa shape index (κ2) is 7.27. The van der Waals surface area contributed by atoms with E-state index in [1.165, 1.54) is 28.2 Å². The first-order valence-corrected chi connectivity index (χ1v) is 9.87. The van der Waals surface area contributed by atoms with Gasteiger partial charge in [0.25, 0.3) is 21.5 Å². The predicted molar refractivity (Wildman–Crippen MR) is 105 cm³/mol. The number of rotatable bonds is 4. The van der Waals surface area contributed by atoms with Crippen molar-refractivity contribution >= 4 is 44.1 Å². The number of amides is 1. The van der Waals surface area contributed by atoms with Crippen LogP contribution in [0.4, 0.5) is 5.69 Å². The molecule has 0 saturated heterocycles. The van der Waals surface area contributed by atoms with Crippen molar-refractivity contribution in [2.24, 2.45) is 7.05 Å². The standard InChI is InChI=1S/C18H16ClN3O5S/c1-10-7-12-8-13(4-6-15(12)22(2)18(10)24)21-28(26,27)16-9-11(17(23)20-25)3-5-14(16)19/h3-9,21,25H,1-2H3,(H,20,23). The summed E-state index contributed by atoms with van der Waals surface area (Å²) in [5.74, 6) is -0.866. The highest BCUT2D eigenvalue weighted by Crippen LogP contribution is 2.26. The van der Waals surface area contributed by atoms with Gasteiger partial charge in [-0.2, -0.15) is 0 Å². The summed E-state index contributed by atoms with van der Waals surface area (Å²) in [7, 11) is -2.48. The van der Waals surface area contributed by atoms with Gasteiger partial charge in [0.1, 0.15) is 4.90 Å². The Morgan fingerprint density at radius 2 is 1.86 bits per heavy atom. The summed E-state index contributed by atoms with van der Waals surface area (Å²) >= 11 is 6.00. The highest BCUT2D eigenvalue weighted by Gasteiger charge is 2.20. The average molecular weight is 422 g/mol. The number of fused-ring (bicyclic) bond motifs is 1. The van der Waals surface area contributed by atoms with Gasteiger partial charge < -0.3 is 4.57 Å². The lowest BCUT2D eigenvalue weighted by atomic mass is 10.1. The first-order chi connectivity index (χ1) is 13.1. The van der Waals surface area contributed by atoms with Gasteiger partial charge in [-0.1, -0.05) is 11.6 Å². The summed E-state index contributed by atoms with van der Waals surface area (Å²) in [6.07, 6.45) is 0. The molecule has 0 unspecified atom stereocenters. The van der Waals surface area contributed by atoms with E-state index in [0.717, 1.165) is 6.07 Å². The zero-order chi connectivity index (χ0) is 20.6. The van der Waals surface area contributed by atoms with Gasteiger partial charge >= 0.3 is 0 Å². The third-order valence-corrected chi connectivity index (χ3v) is 6.10. The molecule has 3 N–H and O–H groups in total. The van der Waals surface area contributed by atoms with Crippen molar-refractivity contribution in [3.63, 3.8) is 0 Å². The van der Waals surface area contributed by atoms with Gasteiger partial charge in [0.15, 0.2) is 0 Å². The Labute approximate surface area is 165 Å². The minimum atomic E-state index is -4.12. The van der Waals surface area contributed by atoms with Crippen molar-refractivity contribution < 1.29 is 18.4 Å². The van der Waals surface area contributed by atoms with Gasteiger partial charge in [-0.15, -0.1) is 0 Å². The largest absolute Gasteiger partial charge is 0.311 e. The van der Waals surface area contributed by atoms with Crippen LogP contribution in [0, 0.1) is 6.92 Å². The maximum absolute atomic E-state index is 12.8. The average Bonchev–Trinajstić information content (AvgIpc) is 2.65. The summed E-state index contributed by atoms with van der Waals surface area (Å²) in [5, 5.41) is 9.33. The van der Waals surface area contributed by atoms with Crippen LogP contribution in [0.15, 0.2) is 52.2 Å². The fourth-order valence-corrected chi connectivity index (χ4v) is 4.41. The first-order valence-electron chi connectivity index (χ1n) is 8.01. The fourth-order valence-electron chi connectivity index (χ4n) is 2.83. The molecule has 1 heterocycles. The van der Waals surface area contributed by atoms with Crippen LogP contribution in [-0.4, -0.2) is 24.1 Å². The van der Waals surface area contributed by atoms with Gasteiger partial charge in [0, 0.05) is 29.2 Å². The number of aromatic nitrogens is 1. The van der Waals surface area contributed by atoms with Crippen molar-refractivity contribution in [1.82, 2.24) is 10.0 Å². The van der Waals surface area contributed by atoms with E-state index in [0.29, 0.717) is 16.5 Å². The van der Waals surface area contributed by atoms with Crippen LogP contribution in [0.1, 0.15) is 15.9 Å². The molecule has 0 aliphatic rings. The van der Waals surface area contributed by atoms with E-state index in [1.54, 1.807) is 32.2 Å². The van der Waals surface area contributed by atoms with Crippen LogP contribution in [0.25, 0.3) is 10.9 Å². The highest BCUT2D eigenvalue weighted by atomic mass is 35.5. The summed E-state index contributed by atoms with van der Waals surface area (Å²) < 4.78 is 29.4. The molecule has 0 aliphatic carbocycles. The molecule has 0 atom stereocenters. The lowest BCUT2D eigenvalue weighted by Gasteiger charge is -2.12. The Morgan fingerprint density at radius 1 is 1.14 bits per heavy atom. The van der Waals surface area contributed by atoms with Crippen LogP contribution in [-0.2, 0) is 17.1 Å². The van der Waals surface area contributed by atoms with E-state index in [1.807, 2.05) is 0 Å². The molecule has 3 aromatic rings. The zero-order valence-electron chi connectivity index (χ0n) is 14.9. The monoisotopic (exact) mass is 421 g/mol. The molecule has 0 spiro atoms. The number of hydrogen-bond donors (Lipinski definition) is 3. The molecule has 0 saturated carbocycles. The Balaban J connectivity index is 2.04. The summed E-state index contributed by atoms with van der Waals surface area (Å²) in [6.45, 7) is 1.68. The summed E-state index contributed by atoms with van der Waals surface area (Å²) in [6, 6.07) is 10.0. The van der Waals surface area contributed by atoms with E-state index >= 15 is 0 Å². The number of benzene rings is 2. The Kier molecular flexibility index (Phi) is 5.16. The molecule has 3 rings (SSSR count). The van der Waals surface area contributed by atoms with Gasteiger partial charge in [0.2, 0.25) is 0 Å². The molecule has 0 aliphatic heterocycles. The van der Waals surface area contributed by atoms with Crippen LogP contribution in [0.5, 0.6) is 0 Å². The maximum atomic E-state index is 12.8. The van der Waals surface area contributed by atoms with Crippen molar-refractivity contribution in [1.29, 1.82) is 0 Å².